The molecule has 0 atom stereocenters. The molecule has 2 aromatic rings. The summed E-state index contributed by atoms with van der Waals surface area (Å²) in [7, 11) is 1.60. The van der Waals surface area contributed by atoms with Crippen LogP contribution in [0.4, 0.5) is 0 Å². The van der Waals surface area contributed by atoms with Crippen LogP contribution in [-0.4, -0.2) is 25.6 Å². The minimum Gasteiger partial charge on any atom is -0.497 e. The fraction of sp³-hybridized carbons (Fsp3) is 0.158. The van der Waals surface area contributed by atoms with Crippen LogP contribution in [0, 0.1) is 0 Å². The molecule has 2 aromatic carbocycles. The summed E-state index contributed by atoms with van der Waals surface area (Å²) in [4.78, 5) is 16.3. The largest absolute Gasteiger partial charge is 0.497 e. The highest BCUT2D eigenvalue weighted by Crippen LogP contribution is 2.22. The van der Waals surface area contributed by atoms with E-state index in [2.05, 4.69) is 4.99 Å². The molecule has 0 radical (unpaired) electrons. The summed E-state index contributed by atoms with van der Waals surface area (Å²) < 4.78 is 15.8. The second kappa shape index (κ2) is 7.00. The van der Waals surface area contributed by atoms with Crippen LogP contribution in [0.5, 0.6) is 11.5 Å². The monoisotopic (exact) mass is 323 g/mol. The van der Waals surface area contributed by atoms with Gasteiger partial charge in [-0.2, -0.15) is 0 Å². The minimum atomic E-state index is -0.471. The molecule has 0 aliphatic carbocycles. The molecule has 0 fully saturated rings. The van der Waals surface area contributed by atoms with Gasteiger partial charge < -0.3 is 14.2 Å². The Balaban J connectivity index is 1.85. The van der Waals surface area contributed by atoms with Crippen molar-refractivity contribution in [1.29, 1.82) is 0 Å². The number of rotatable bonds is 5. The number of ether oxygens (including phenoxy) is 3. The molecule has 0 spiro atoms. The smallest absolute Gasteiger partial charge is 0.363 e. The normalized spacial score (nSPS) is 15.2. The molecule has 1 heterocycles. The van der Waals surface area contributed by atoms with Crippen LogP contribution in [0.15, 0.2) is 59.2 Å². The van der Waals surface area contributed by atoms with E-state index < -0.39 is 5.97 Å². The van der Waals surface area contributed by atoms with Crippen molar-refractivity contribution in [2.45, 2.75) is 6.92 Å². The zero-order valence-corrected chi connectivity index (χ0v) is 13.5. The maximum Gasteiger partial charge on any atom is 0.363 e. The number of carbonyl (C=O) groups excluding carboxylic acids is 1. The van der Waals surface area contributed by atoms with Crippen LogP contribution < -0.4 is 9.47 Å². The van der Waals surface area contributed by atoms with E-state index in [-0.39, 0.29) is 11.6 Å². The lowest BCUT2D eigenvalue weighted by molar-refractivity contribution is -0.129. The van der Waals surface area contributed by atoms with E-state index in [1.807, 2.05) is 55.5 Å². The zero-order chi connectivity index (χ0) is 16.9. The van der Waals surface area contributed by atoms with Crippen molar-refractivity contribution in [1.82, 2.24) is 0 Å². The SMILES string of the molecule is CCOc1ccc(C2=NC(=Cc3cccc(OC)c3)C(=O)O2)cc1. The van der Waals surface area contributed by atoms with E-state index in [0.29, 0.717) is 12.4 Å². The summed E-state index contributed by atoms with van der Waals surface area (Å²) in [6, 6.07) is 14.6. The summed E-state index contributed by atoms with van der Waals surface area (Å²) in [5, 5.41) is 0. The highest BCUT2D eigenvalue weighted by Gasteiger charge is 2.24. The van der Waals surface area contributed by atoms with E-state index in [1.54, 1.807) is 13.2 Å². The van der Waals surface area contributed by atoms with Crippen molar-refractivity contribution >= 4 is 17.9 Å². The lowest BCUT2D eigenvalue weighted by atomic mass is 10.2. The Bertz CT molecular complexity index is 806. The summed E-state index contributed by atoms with van der Waals surface area (Å²) >= 11 is 0. The van der Waals surface area contributed by atoms with Crippen molar-refractivity contribution in [3.05, 3.63) is 65.4 Å². The average molecular weight is 323 g/mol. The van der Waals surface area contributed by atoms with Crippen molar-refractivity contribution in [2.24, 2.45) is 4.99 Å². The molecular weight excluding hydrogens is 306 g/mol. The molecule has 0 amide bonds. The summed E-state index contributed by atoms with van der Waals surface area (Å²) in [5.74, 6) is 1.30. The van der Waals surface area contributed by atoms with Gasteiger partial charge in [-0.05, 0) is 55.0 Å². The Labute approximate surface area is 140 Å². The van der Waals surface area contributed by atoms with Crippen LogP contribution in [0.3, 0.4) is 0 Å². The molecule has 0 unspecified atom stereocenters. The third-order valence-electron chi connectivity index (χ3n) is 3.43. The Morgan fingerprint density at radius 1 is 1.12 bits per heavy atom. The number of hydrogen-bond acceptors (Lipinski definition) is 5. The molecule has 5 nitrogen and oxygen atoms in total. The molecule has 1 aliphatic rings. The van der Waals surface area contributed by atoms with Crippen molar-refractivity contribution in [3.63, 3.8) is 0 Å². The molecule has 24 heavy (non-hydrogen) atoms. The molecule has 0 aromatic heterocycles. The van der Waals surface area contributed by atoms with Crippen LogP contribution >= 0.6 is 0 Å². The summed E-state index contributed by atoms with van der Waals surface area (Å²) in [6.45, 7) is 2.52. The second-order valence-corrected chi connectivity index (χ2v) is 5.07. The maximum absolute atomic E-state index is 12.0. The number of nitrogens with zero attached hydrogens (tertiary/aromatic N) is 1. The van der Waals surface area contributed by atoms with Gasteiger partial charge in [0.05, 0.1) is 13.7 Å². The fourth-order valence-corrected chi connectivity index (χ4v) is 2.28. The van der Waals surface area contributed by atoms with Crippen molar-refractivity contribution in [3.8, 4) is 11.5 Å². The fourth-order valence-electron chi connectivity index (χ4n) is 2.28. The third-order valence-corrected chi connectivity index (χ3v) is 3.43. The first-order valence-corrected chi connectivity index (χ1v) is 7.59. The van der Waals surface area contributed by atoms with Gasteiger partial charge >= 0.3 is 5.97 Å². The topological polar surface area (TPSA) is 57.1 Å². The Hall–Kier alpha value is -3.08. The first-order chi connectivity index (χ1) is 11.7. The van der Waals surface area contributed by atoms with Gasteiger partial charge in [-0.25, -0.2) is 9.79 Å². The Morgan fingerprint density at radius 2 is 1.92 bits per heavy atom. The Kier molecular flexibility index (Phi) is 4.61. The number of hydrogen-bond donors (Lipinski definition) is 0. The van der Waals surface area contributed by atoms with Crippen LogP contribution in [-0.2, 0) is 9.53 Å². The first kappa shape index (κ1) is 15.8. The van der Waals surface area contributed by atoms with Gasteiger partial charge in [0.2, 0.25) is 5.90 Å². The van der Waals surface area contributed by atoms with E-state index in [9.17, 15) is 4.79 Å². The predicted octanol–water partition coefficient (Wildman–Crippen LogP) is 3.44. The molecule has 1 aliphatic heterocycles. The first-order valence-electron chi connectivity index (χ1n) is 7.59. The van der Waals surface area contributed by atoms with E-state index in [4.69, 9.17) is 14.2 Å². The summed E-state index contributed by atoms with van der Waals surface area (Å²) in [5.41, 5.74) is 1.80. The molecule has 3 rings (SSSR count). The summed E-state index contributed by atoms with van der Waals surface area (Å²) in [6.07, 6.45) is 1.67. The van der Waals surface area contributed by atoms with Gasteiger partial charge in [0.15, 0.2) is 5.70 Å². The highest BCUT2D eigenvalue weighted by molar-refractivity contribution is 6.12. The third kappa shape index (κ3) is 3.46. The van der Waals surface area contributed by atoms with E-state index >= 15 is 0 Å². The predicted molar refractivity (Wildman–Crippen MR) is 91.2 cm³/mol. The number of cyclic esters (lactones) is 1. The van der Waals surface area contributed by atoms with Crippen LogP contribution in [0.2, 0.25) is 0 Å². The molecule has 0 N–H and O–H groups in total. The molecule has 122 valence electrons. The molecule has 0 saturated heterocycles. The van der Waals surface area contributed by atoms with Gasteiger partial charge in [0.1, 0.15) is 11.5 Å². The van der Waals surface area contributed by atoms with Gasteiger partial charge in [-0.3, -0.25) is 0 Å². The molecule has 0 saturated carbocycles. The van der Waals surface area contributed by atoms with Crippen LogP contribution in [0.1, 0.15) is 18.1 Å². The number of carbonyl (C=O) groups is 1. The van der Waals surface area contributed by atoms with Crippen molar-refractivity contribution in [2.75, 3.05) is 13.7 Å². The van der Waals surface area contributed by atoms with E-state index in [0.717, 1.165) is 16.9 Å². The lowest BCUT2D eigenvalue weighted by Crippen LogP contribution is -2.05. The lowest BCUT2D eigenvalue weighted by Gasteiger charge is -2.03. The zero-order valence-electron chi connectivity index (χ0n) is 13.5. The Morgan fingerprint density at radius 3 is 2.62 bits per heavy atom. The van der Waals surface area contributed by atoms with Gasteiger partial charge in [-0.15, -0.1) is 0 Å². The maximum atomic E-state index is 12.0. The van der Waals surface area contributed by atoms with Gasteiger partial charge in [0, 0.05) is 5.56 Å². The van der Waals surface area contributed by atoms with Gasteiger partial charge in [0.25, 0.3) is 0 Å². The van der Waals surface area contributed by atoms with Gasteiger partial charge in [-0.1, -0.05) is 12.1 Å². The van der Waals surface area contributed by atoms with Crippen molar-refractivity contribution < 1.29 is 19.0 Å². The molecular formula is C19H17NO4. The number of esters is 1. The number of methoxy groups -OCH3 is 1. The second-order valence-electron chi connectivity index (χ2n) is 5.07. The highest BCUT2D eigenvalue weighted by atomic mass is 16.6. The minimum absolute atomic E-state index is 0.257. The van der Waals surface area contributed by atoms with E-state index in [1.165, 1.54) is 0 Å². The molecule has 0 bridgehead atoms. The average Bonchev–Trinajstić information content (AvgIpc) is 2.97. The van der Waals surface area contributed by atoms with Crippen LogP contribution in [0.25, 0.3) is 6.08 Å². The quantitative estimate of drug-likeness (QED) is 0.625. The molecule has 5 heteroatoms. The number of aliphatic imine (C=N–C) groups is 1. The number of benzene rings is 2. The standard InChI is InChI=1S/C19H17NO4/c1-3-23-15-9-7-14(8-10-15)18-20-17(19(21)24-18)12-13-5-4-6-16(11-13)22-2/h4-12H,3H2,1-2H3.